The second-order valence-electron chi connectivity index (χ2n) is 4.58. The average molecular weight is 274 g/mol. The van der Waals surface area contributed by atoms with Crippen LogP contribution >= 0.6 is 12.2 Å². The summed E-state index contributed by atoms with van der Waals surface area (Å²) >= 11 is 5.35. The highest BCUT2D eigenvalue weighted by Gasteiger charge is 2.14. The highest BCUT2D eigenvalue weighted by atomic mass is 32.1. The number of nitrogens with zero attached hydrogens (tertiary/aromatic N) is 1. The summed E-state index contributed by atoms with van der Waals surface area (Å²) in [6.07, 6.45) is 1.65. The summed E-state index contributed by atoms with van der Waals surface area (Å²) in [7, 11) is 0. The quantitative estimate of drug-likeness (QED) is 0.843. The fraction of sp³-hybridized carbons (Fsp3) is 0.333. The number of benzene rings is 1. The van der Waals surface area contributed by atoms with Gasteiger partial charge >= 0.3 is 0 Å². The van der Waals surface area contributed by atoms with Crippen LogP contribution < -0.4 is 4.74 Å². The lowest BCUT2D eigenvalue weighted by Crippen LogP contribution is -2.01. The minimum Gasteiger partial charge on any atom is -0.493 e. The monoisotopic (exact) mass is 274 g/mol. The summed E-state index contributed by atoms with van der Waals surface area (Å²) in [6.45, 7) is 6.86. The lowest BCUT2D eigenvalue weighted by molar-refractivity contribution is 0.341. The van der Waals surface area contributed by atoms with Crippen molar-refractivity contribution in [3.8, 4) is 17.0 Å². The van der Waals surface area contributed by atoms with E-state index in [0.717, 1.165) is 22.6 Å². The summed E-state index contributed by atoms with van der Waals surface area (Å²) in [5.74, 6) is 1.17. The molecule has 0 saturated heterocycles. The van der Waals surface area contributed by atoms with Crippen LogP contribution in [0, 0.1) is 4.64 Å². The third kappa shape index (κ3) is 2.84. The van der Waals surface area contributed by atoms with Crippen molar-refractivity contribution in [1.29, 1.82) is 0 Å². The number of hydrogen-bond acceptors (Lipinski definition) is 3. The van der Waals surface area contributed by atoms with E-state index in [1.807, 2.05) is 31.2 Å². The van der Waals surface area contributed by atoms with Gasteiger partial charge in [-0.2, -0.15) is 0 Å². The second kappa shape index (κ2) is 5.97. The molecule has 0 radical (unpaired) electrons. The van der Waals surface area contributed by atoms with Crippen molar-refractivity contribution in [2.24, 2.45) is 0 Å². The first-order valence-electron chi connectivity index (χ1n) is 6.45. The Morgan fingerprint density at radius 1 is 1.32 bits per heavy atom. The predicted octanol–water partition coefficient (Wildman–Crippen LogP) is 4.33. The molecule has 100 valence electrons. The third-order valence-corrected chi connectivity index (χ3v) is 3.25. The van der Waals surface area contributed by atoms with Gasteiger partial charge in [0.15, 0.2) is 0 Å². The van der Waals surface area contributed by atoms with Crippen molar-refractivity contribution in [1.82, 2.24) is 9.97 Å². The highest BCUT2D eigenvalue weighted by molar-refractivity contribution is 7.71. The molecule has 0 saturated carbocycles. The van der Waals surface area contributed by atoms with E-state index in [4.69, 9.17) is 17.0 Å². The van der Waals surface area contributed by atoms with Crippen molar-refractivity contribution in [2.45, 2.75) is 26.7 Å². The maximum atomic E-state index is 5.69. The Morgan fingerprint density at radius 2 is 2.05 bits per heavy atom. The Kier molecular flexibility index (Phi) is 4.32. The zero-order chi connectivity index (χ0) is 13.8. The fourth-order valence-electron chi connectivity index (χ4n) is 2.12. The molecule has 0 atom stereocenters. The Labute approximate surface area is 118 Å². The lowest BCUT2D eigenvalue weighted by Gasteiger charge is -2.15. The van der Waals surface area contributed by atoms with Crippen LogP contribution in [0.4, 0.5) is 0 Å². The molecule has 4 heteroatoms. The third-order valence-electron chi connectivity index (χ3n) is 2.92. The summed E-state index contributed by atoms with van der Waals surface area (Å²) in [6, 6.07) is 7.98. The zero-order valence-corrected chi connectivity index (χ0v) is 12.3. The number of H-pyrrole nitrogens is 1. The normalized spacial score (nSPS) is 10.7. The average Bonchev–Trinajstić information content (AvgIpc) is 2.39. The van der Waals surface area contributed by atoms with Gasteiger partial charge in [0.25, 0.3) is 0 Å². The van der Waals surface area contributed by atoms with E-state index in [1.165, 1.54) is 0 Å². The molecule has 0 aliphatic rings. The van der Waals surface area contributed by atoms with Gasteiger partial charge in [0.2, 0.25) is 0 Å². The molecule has 0 bridgehead atoms. The number of nitrogens with one attached hydrogen (secondary N) is 1. The Morgan fingerprint density at radius 3 is 2.74 bits per heavy atom. The first-order valence-corrected chi connectivity index (χ1v) is 6.85. The molecule has 1 heterocycles. The number of ether oxygens (including phenoxy) is 1. The van der Waals surface area contributed by atoms with Crippen LogP contribution in [0.3, 0.4) is 0 Å². The second-order valence-corrected chi connectivity index (χ2v) is 4.97. The molecule has 3 nitrogen and oxygen atoms in total. The first-order chi connectivity index (χ1) is 9.15. The molecule has 0 aliphatic heterocycles. The summed E-state index contributed by atoms with van der Waals surface area (Å²) in [5.41, 5.74) is 3.09. The van der Waals surface area contributed by atoms with Crippen molar-refractivity contribution in [3.63, 3.8) is 0 Å². The largest absolute Gasteiger partial charge is 0.493 e. The van der Waals surface area contributed by atoms with Crippen molar-refractivity contribution in [2.75, 3.05) is 6.61 Å². The molecule has 0 fully saturated rings. The molecule has 1 aromatic carbocycles. The van der Waals surface area contributed by atoms with Gasteiger partial charge in [0, 0.05) is 11.1 Å². The van der Waals surface area contributed by atoms with Gasteiger partial charge in [-0.05, 0) is 25.0 Å². The molecule has 1 aromatic heterocycles. The topological polar surface area (TPSA) is 37.9 Å². The molecule has 0 amide bonds. The van der Waals surface area contributed by atoms with Crippen molar-refractivity contribution >= 4 is 12.2 Å². The van der Waals surface area contributed by atoms with E-state index in [-0.39, 0.29) is 0 Å². The molecule has 0 aliphatic carbocycles. The van der Waals surface area contributed by atoms with E-state index in [1.54, 1.807) is 6.33 Å². The molecule has 19 heavy (non-hydrogen) atoms. The standard InChI is InChI=1S/C15H18N2OS/c1-4-18-12-8-6-5-7-11(12)14-13(10(2)3)15(19)17-9-16-14/h5-10H,4H2,1-3H3,(H,16,17,19). The first kappa shape index (κ1) is 13.7. The lowest BCUT2D eigenvalue weighted by atomic mass is 9.98. The summed E-state index contributed by atoms with van der Waals surface area (Å²) in [5, 5.41) is 0. The van der Waals surface area contributed by atoms with Gasteiger partial charge in [0.1, 0.15) is 10.4 Å². The van der Waals surface area contributed by atoms with E-state index < -0.39 is 0 Å². The van der Waals surface area contributed by atoms with Gasteiger partial charge in [-0.3, -0.25) is 0 Å². The van der Waals surface area contributed by atoms with E-state index >= 15 is 0 Å². The van der Waals surface area contributed by atoms with Gasteiger partial charge in [0.05, 0.1) is 18.6 Å². The molecule has 2 rings (SSSR count). The minimum absolute atomic E-state index is 0.308. The molecular formula is C15H18N2OS. The van der Waals surface area contributed by atoms with Crippen LogP contribution in [0.15, 0.2) is 30.6 Å². The molecular weight excluding hydrogens is 256 g/mol. The predicted molar refractivity (Wildman–Crippen MR) is 80.1 cm³/mol. The van der Waals surface area contributed by atoms with Crippen LogP contribution in [0.25, 0.3) is 11.3 Å². The molecule has 1 N–H and O–H groups in total. The Bertz CT molecular complexity index is 620. The summed E-state index contributed by atoms with van der Waals surface area (Å²) in [4.78, 5) is 7.40. The number of aromatic amines is 1. The maximum absolute atomic E-state index is 5.69. The molecule has 0 spiro atoms. The highest BCUT2D eigenvalue weighted by Crippen LogP contribution is 2.33. The van der Waals surface area contributed by atoms with Crippen LogP contribution in [-0.2, 0) is 0 Å². The van der Waals surface area contributed by atoms with Crippen molar-refractivity contribution < 1.29 is 4.74 Å². The smallest absolute Gasteiger partial charge is 0.133 e. The summed E-state index contributed by atoms with van der Waals surface area (Å²) < 4.78 is 6.34. The number of rotatable bonds is 4. The minimum atomic E-state index is 0.308. The van der Waals surface area contributed by atoms with Gasteiger partial charge in [-0.1, -0.05) is 38.2 Å². The van der Waals surface area contributed by atoms with Crippen LogP contribution in [0.5, 0.6) is 5.75 Å². The fourth-order valence-corrected chi connectivity index (χ4v) is 2.51. The van der Waals surface area contributed by atoms with Crippen LogP contribution in [0.2, 0.25) is 0 Å². The molecule has 2 aromatic rings. The SMILES string of the molecule is CCOc1ccccc1-c1[nH]cnc(=S)c1C(C)C. The number of para-hydroxylation sites is 1. The van der Waals surface area contributed by atoms with Gasteiger partial charge < -0.3 is 9.72 Å². The van der Waals surface area contributed by atoms with Crippen LogP contribution in [0.1, 0.15) is 32.3 Å². The number of hydrogen-bond donors (Lipinski definition) is 1. The molecule has 0 unspecified atom stereocenters. The number of aromatic nitrogens is 2. The van der Waals surface area contributed by atoms with E-state index in [0.29, 0.717) is 17.2 Å². The zero-order valence-electron chi connectivity index (χ0n) is 11.4. The van der Waals surface area contributed by atoms with Gasteiger partial charge in [-0.15, -0.1) is 0 Å². The van der Waals surface area contributed by atoms with Gasteiger partial charge in [-0.25, -0.2) is 4.98 Å². The van der Waals surface area contributed by atoms with Crippen molar-refractivity contribution in [3.05, 3.63) is 40.8 Å². The Balaban J connectivity index is 2.66. The Hall–Kier alpha value is -1.68. The van der Waals surface area contributed by atoms with E-state index in [9.17, 15) is 0 Å². The van der Waals surface area contributed by atoms with Crippen LogP contribution in [-0.4, -0.2) is 16.6 Å². The maximum Gasteiger partial charge on any atom is 0.133 e. The van der Waals surface area contributed by atoms with E-state index in [2.05, 4.69) is 23.8 Å².